The molecule has 0 fully saturated rings. The van der Waals surface area contributed by atoms with E-state index in [-0.39, 0.29) is 11.5 Å². The monoisotopic (exact) mass is 322 g/mol. The number of Topliss-reactive ketones (excluding diaryl/α,β-unsaturated/α-hetero) is 1. The molecule has 0 bridgehead atoms. The third-order valence-electron chi connectivity index (χ3n) is 3.16. The van der Waals surface area contributed by atoms with E-state index in [1.807, 2.05) is 0 Å². The number of halogens is 3. The molecular weight excluding hydrogens is 310 g/mol. The molecule has 0 aromatic carbocycles. The molecule has 2 unspecified atom stereocenters. The van der Waals surface area contributed by atoms with Crippen LogP contribution in [0.1, 0.15) is 13.8 Å². The molecule has 0 amide bonds. The number of ketones is 1. The topological polar surface area (TPSA) is 54.4 Å². The third kappa shape index (κ3) is 2.88. The maximum absolute atomic E-state index is 11.4. The number of rotatable bonds is 4. The summed E-state index contributed by atoms with van der Waals surface area (Å²) in [6, 6.07) is 0. The third-order valence-corrected chi connectivity index (χ3v) is 4.98. The minimum Gasteiger partial charge on any atom is -0.478 e. The number of hydrogen-bond donors (Lipinski definition) is 1. The van der Waals surface area contributed by atoms with E-state index in [9.17, 15) is 9.59 Å². The minimum atomic E-state index is -1.30. The molecule has 0 aromatic rings. The van der Waals surface area contributed by atoms with Crippen molar-refractivity contribution in [3.8, 4) is 0 Å². The van der Waals surface area contributed by atoms with Crippen molar-refractivity contribution in [3.05, 3.63) is 34.9 Å². The summed E-state index contributed by atoms with van der Waals surface area (Å²) >= 11 is 18.4. The van der Waals surface area contributed by atoms with Gasteiger partial charge < -0.3 is 5.11 Å². The lowest BCUT2D eigenvalue weighted by atomic mass is 9.73. The van der Waals surface area contributed by atoms with Gasteiger partial charge in [0.05, 0.1) is 5.57 Å². The number of carbonyl (C=O) groups is 2. The van der Waals surface area contributed by atoms with E-state index in [4.69, 9.17) is 39.9 Å². The summed E-state index contributed by atoms with van der Waals surface area (Å²) < 4.78 is 0. The van der Waals surface area contributed by atoms with Crippen LogP contribution in [-0.4, -0.2) is 27.6 Å². The van der Waals surface area contributed by atoms with Gasteiger partial charge in [0.2, 0.25) is 0 Å². The second-order valence-electron chi connectivity index (χ2n) is 4.51. The highest BCUT2D eigenvalue weighted by Crippen LogP contribution is 2.50. The predicted molar refractivity (Wildman–Crippen MR) is 76.9 cm³/mol. The van der Waals surface area contributed by atoms with Gasteiger partial charge in [0.1, 0.15) is 4.87 Å². The number of hydrogen-bond acceptors (Lipinski definition) is 2. The SMILES string of the molecule is CC(=O)C(=CC1(C)C=CC=C(Cl)C1(Cl)CCl)C(=O)O. The van der Waals surface area contributed by atoms with Gasteiger partial charge in [-0.3, -0.25) is 4.79 Å². The summed E-state index contributed by atoms with van der Waals surface area (Å²) in [5.41, 5.74) is -1.31. The Balaban J connectivity index is 3.41. The zero-order valence-corrected chi connectivity index (χ0v) is 12.7. The Morgan fingerprint density at radius 3 is 2.47 bits per heavy atom. The zero-order valence-electron chi connectivity index (χ0n) is 10.4. The summed E-state index contributed by atoms with van der Waals surface area (Å²) in [4.78, 5) is 21.3. The van der Waals surface area contributed by atoms with Crippen LogP contribution in [0, 0.1) is 5.41 Å². The van der Waals surface area contributed by atoms with E-state index in [1.165, 1.54) is 13.0 Å². The van der Waals surface area contributed by atoms with E-state index >= 15 is 0 Å². The molecule has 0 heterocycles. The summed E-state index contributed by atoms with van der Waals surface area (Å²) in [6.45, 7) is 2.87. The number of carbonyl (C=O) groups excluding carboxylic acids is 1. The van der Waals surface area contributed by atoms with Crippen LogP contribution in [0.15, 0.2) is 34.9 Å². The van der Waals surface area contributed by atoms with Gasteiger partial charge in [0, 0.05) is 16.3 Å². The van der Waals surface area contributed by atoms with Crippen molar-refractivity contribution in [2.75, 3.05) is 5.88 Å². The molecule has 1 aliphatic carbocycles. The smallest absolute Gasteiger partial charge is 0.339 e. The molecule has 0 saturated heterocycles. The largest absolute Gasteiger partial charge is 0.478 e. The molecule has 0 radical (unpaired) electrons. The lowest BCUT2D eigenvalue weighted by molar-refractivity contribution is -0.134. The van der Waals surface area contributed by atoms with E-state index in [2.05, 4.69) is 0 Å². The zero-order chi connectivity index (χ0) is 14.8. The van der Waals surface area contributed by atoms with Crippen LogP contribution in [0.25, 0.3) is 0 Å². The molecule has 0 spiro atoms. The van der Waals surface area contributed by atoms with Crippen molar-refractivity contribution in [1.82, 2.24) is 0 Å². The Morgan fingerprint density at radius 2 is 2.05 bits per heavy atom. The number of carboxylic acids is 1. The van der Waals surface area contributed by atoms with Crippen LogP contribution in [-0.2, 0) is 9.59 Å². The molecule has 0 aliphatic heterocycles. The molecular formula is C13H13Cl3O3. The van der Waals surface area contributed by atoms with Crippen molar-refractivity contribution < 1.29 is 14.7 Å². The second kappa shape index (κ2) is 5.70. The average Bonchev–Trinajstić information content (AvgIpc) is 2.32. The van der Waals surface area contributed by atoms with Crippen molar-refractivity contribution in [3.63, 3.8) is 0 Å². The summed E-state index contributed by atoms with van der Waals surface area (Å²) in [7, 11) is 0. The lowest BCUT2D eigenvalue weighted by Crippen LogP contribution is -2.43. The Hall–Kier alpha value is -0.770. The number of alkyl halides is 2. The molecule has 1 aliphatic rings. The van der Waals surface area contributed by atoms with E-state index < -0.39 is 22.0 Å². The van der Waals surface area contributed by atoms with Crippen LogP contribution >= 0.6 is 34.8 Å². The van der Waals surface area contributed by atoms with Crippen LogP contribution in [0.3, 0.4) is 0 Å². The van der Waals surface area contributed by atoms with Crippen LogP contribution < -0.4 is 0 Å². The molecule has 0 saturated carbocycles. The van der Waals surface area contributed by atoms with Gasteiger partial charge in [0.15, 0.2) is 5.78 Å². The fourth-order valence-electron chi connectivity index (χ4n) is 1.84. The van der Waals surface area contributed by atoms with Crippen LogP contribution in [0.4, 0.5) is 0 Å². The molecule has 6 heteroatoms. The molecule has 0 aromatic heterocycles. The minimum absolute atomic E-state index is 0.0218. The first-order valence-corrected chi connectivity index (χ1v) is 6.74. The molecule has 2 atom stereocenters. The Morgan fingerprint density at radius 1 is 1.47 bits per heavy atom. The number of aliphatic carboxylic acids is 1. The first-order chi connectivity index (χ1) is 8.68. The summed E-state index contributed by atoms with van der Waals surface area (Å²) in [5, 5.41) is 9.37. The van der Waals surface area contributed by atoms with E-state index in [0.717, 1.165) is 0 Å². The van der Waals surface area contributed by atoms with Crippen LogP contribution in [0.2, 0.25) is 0 Å². The fraction of sp³-hybridized carbons (Fsp3) is 0.385. The fourth-order valence-corrected chi connectivity index (χ4v) is 2.86. The van der Waals surface area contributed by atoms with Gasteiger partial charge in [-0.25, -0.2) is 4.79 Å². The normalized spacial score (nSPS) is 31.0. The molecule has 104 valence electrons. The Labute approximate surface area is 126 Å². The highest BCUT2D eigenvalue weighted by molar-refractivity contribution is 6.43. The van der Waals surface area contributed by atoms with Gasteiger partial charge in [-0.1, -0.05) is 36.8 Å². The first-order valence-electron chi connectivity index (χ1n) is 5.45. The maximum Gasteiger partial charge on any atom is 0.339 e. The average molecular weight is 324 g/mol. The molecule has 3 nitrogen and oxygen atoms in total. The van der Waals surface area contributed by atoms with Crippen LogP contribution in [0.5, 0.6) is 0 Å². The molecule has 1 rings (SSSR count). The van der Waals surface area contributed by atoms with E-state index in [1.54, 1.807) is 25.2 Å². The van der Waals surface area contributed by atoms with Gasteiger partial charge in [-0.15, -0.1) is 23.2 Å². The predicted octanol–water partition coefficient (Wildman–Crippen LogP) is 3.50. The molecule has 1 N–H and O–H groups in total. The van der Waals surface area contributed by atoms with Gasteiger partial charge in [-0.2, -0.15) is 0 Å². The first kappa shape index (κ1) is 16.3. The summed E-state index contributed by atoms with van der Waals surface area (Å²) in [6.07, 6.45) is 6.24. The van der Waals surface area contributed by atoms with Crippen molar-refractivity contribution in [1.29, 1.82) is 0 Å². The van der Waals surface area contributed by atoms with E-state index in [0.29, 0.717) is 5.03 Å². The van der Waals surface area contributed by atoms with Gasteiger partial charge in [0.25, 0.3) is 0 Å². The lowest BCUT2D eigenvalue weighted by Gasteiger charge is -2.41. The quantitative estimate of drug-likeness (QED) is 0.373. The highest BCUT2D eigenvalue weighted by atomic mass is 35.5. The molecule has 19 heavy (non-hydrogen) atoms. The maximum atomic E-state index is 11.4. The highest BCUT2D eigenvalue weighted by Gasteiger charge is 2.48. The summed E-state index contributed by atoms with van der Waals surface area (Å²) in [5.74, 6) is -1.88. The van der Waals surface area contributed by atoms with Crippen molar-refractivity contribution in [2.24, 2.45) is 5.41 Å². The number of allylic oxidation sites excluding steroid dienone is 5. The standard InChI is InChI=1S/C13H13Cl3O3/c1-8(17)9(11(18)19)6-12(2)5-3-4-10(15)13(12,16)7-14/h3-6H,7H2,1-2H3,(H,18,19). The van der Waals surface area contributed by atoms with Crippen molar-refractivity contribution >= 4 is 46.6 Å². The van der Waals surface area contributed by atoms with Crippen molar-refractivity contribution in [2.45, 2.75) is 18.7 Å². The Bertz CT molecular complexity index is 491. The number of carboxylic acid groups (broad SMARTS) is 1. The van der Waals surface area contributed by atoms with Gasteiger partial charge in [-0.05, 0) is 13.0 Å². The Kier molecular flexibility index (Phi) is 4.88. The van der Waals surface area contributed by atoms with Gasteiger partial charge >= 0.3 is 5.97 Å². The second-order valence-corrected chi connectivity index (χ2v) is 5.83.